The highest BCUT2D eigenvalue weighted by Crippen LogP contribution is 2.24. The summed E-state index contributed by atoms with van der Waals surface area (Å²) in [6, 6.07) is 0.562. The third-order valence-corrected chi connectivity index (χ3v) is 6.19. The molecule has 6 nitrogen and oxygen atoms in total. The molecule has 2 aliphatic heterocycles. The molecular weight excluding hydrogens is 276 g/mol. The second kappa shape index (κ2) is 5.46. The Balaban J connectivity index is 1.65. The van der Waals surface area contributed by atoms with Crippen molar-refractivity contribution in [3.8, 4) is 0 Å². The van der Waals surface area contributed by atoms with Gasteiger partial charge < -0.3 is 9.88 Å². The Kier molecular flexibility index (Phi) is 3.83. The average molecular weight is 298 g/mol. The van der Waals surface area contributed by atoms with Crippen LogP contribution in [0, 0.1) is 6.92 Å². The Morgan fingerprint density at radius 1 is 1.20 bits per heavy atom. The van der Waals surface area contributed by atoms with Crippen molar-refractivity contribution in [3.63, 3.8) is 0 Å². The van der Waals surface area contributed by atoms with Crippen LogP contribution in [0.5, 0.6) is 0 Å². The summed E-state index contributed by atoms with van der Waals surface area (Å²) in [5.74, 6) is 0.635. The highest BCUT2D eigenvalue weighted by Gasteiger charge is 2.33. The molecule has 3 heterocycles. The molecule has 0 amide bonds. The second-order valence-corrected chi connectivity index (χ2v) is 7.62. The Hall–Kier alpha value is -0.920. The van der Waals surface area contributed by atoms with Crippen molar-refractivity contribution in [1.29, 1.82) is 0 Å². The molecule has 0 spiro atoms. The second-order valence-electron chi connectivity index (χ2n) is 5.71. The summed E-state index contributed by atoms with van der Waals surface area (Å²) < 4.78 is 26.5. The zero-order valence-electron chi connectivity index (χ0n) is 11.9. The maximum Gasteiger partial charge on any atom is 0.260 e. The molecule has 3 rings (SSSR count). The lowest BCUT2D eigenvalue weighted by molar-refractivity contribution is 0.167. The summed E-state index contributed by atoms with van der Waals surface area (Å²) in [5, 5.41) is 0.217. The number of nitrogens with one attached hydrogen (secondary N) is 1. The first-order valence-corrected chi connectivity index (χ1v) is 8.77. The highest BCUT2D eigenvalue weighted by atomic mass is 32.2. The van der Waals surface area contributed by atoms with E-state index in [1.54, 1.807) is 11.2 Å². The van der Waals surface area contributed by atoms with E-state index >= 15 is 0 Å². The van der Waals surface area contributed by atoms with Gasteiger partial charge in [0, 0.05) is 19.1 Å². The molecule has 0 radical (unpaired) electrons. The maximum atomic E-state index is 12.5. The summed E-state index contributed by atoms with van der Waals surface area (Å²) in [4.78, 5) is 9.33. The van der Waals surface area contributed by atoms with Crippen LogP contribution in [-0.4, -0.2) is 59.8 Å². The number of piperidine rings is 1. The molecule has 112 valence electrons. The number of aromatic nitrogens is 2. The smallest absolute Gasteiger partial charge is 0.260 e. The molecule has 2 fully saturated rings. The predicted molar refractivity (Wildman–Crippen MR) is 75.9 cm³/mol. The number of sulfonamides is 1. The first-order valence-electron chi connectivity index (χ1n) is 7.33. The van der Waals surface area contributed by atoms with E-state index in [0.717, 1.165) is 12.8 Å². The minimum atomic E-state index is -3.39. The summed E-state index contributed by atoms with van der Waals surface area (Å²) in [7, 11) is -3.39. The topological polar surface area (TPSA) is 69.3 Å². The monoisotopic (exact) mass is 298 g/mol. The van der Waals surface area contributed by atoms with Gasteiger partial charge in [-0.2, -0.15) is 4.31 Å². The molecule has 7 heteroatoms. The Morgan fingerprint density at radius 2 is 1.85 bits per heavy atom. The van der Waals surface area contributed by atoms with Gasteiger partial charge in [0.1, 0.15) is 5.82 Å². The number of hydrogen-bond donors (Lipinski definition) is 1. The lowest BCUT2D eigenvalue weighted by Gasteiger charge is -2.35. The van der Waals surface area contributed by atoms with Crippen molar-refractivity contribution in [3.05, 3.63) is 12.0 Å². The normalized spacial score (nSPS) is 23.4. The van der Waals surface area contributed by atoms with Gasteiger partial charge >= 0.3 is 0 Å². The molecular formula is C13H22N4O2S. The van der Waals surface area contributed by atoms with Crippen LogP contribution in [0.15, 0.2) is 11.2 Å². The molecule has 0 unspecified atom stereocenters. The fraction of sp³-hybridized carbons (Fsp3) is 0.769. The van der Waals surface area contributed by atoms with E-state index in [4.69, 9.17) is 0 Å². The molecule has 0 saturated carbocycles. The quantitative estimate of drug-likeness (QED) is 0.902. The molecule has 0 aromatic carbocycles. The van der Waals surface area contributed by atoms with Gasteiger partial charge in [0.2, 0.25) is 0 Å². The molecule has 2 saturated heterocycles. The van der Waals surface area contributed by atoms with Crippen molar-refractivity contribution in [2.24, 2.45) is 0 Å². The van der Waals surface area contributed by atoms with Crippen LogP contribution in [0.1, 0.15) is 31.5 Å². The number of imidazole rings is 1. The van der Waals surface area contributed by atoms with Crippen LogP contribution in [0.3, 0.4) is 0 Å². The van der Waals surface area contributed by atoms with Gasteiger partial charge in [-0.15, -0.1) is 0 Å². The molecule has 1 aromatic heterocycles. The molecule has 0 bridgehead atoms. The summed E-state index contributed by atoms with van der Waals surface area (Å²) >= 11 is 0. The van der Waals surface area contributed by atoms with E-state index in [1.165, 1.54) is 32.1 Å². The van der Waals surface area contributed by atoms with Crippen LogP contribution >= 0.6 is 0 Å². The number of H-pyrrole nitrogens is 1. The van der Waals surface area contributed by atoms with E-state index in [-0.39, 0.29) is 5.03 Å². The molecule has 0 atom stereocenters. The number of aryl methyl sites for hydroxylation is 1. The van der Waals surface area contributed by atoms with E-state index in [1.807, 2.05) is 0 Å². The van der Waals surface area contributed by atoms with E-state index in [0.29, 0.717) is 25.0 Å². The van der Waals surface area contributed by atoms with E-state index in [9.17, 15) is 8.42 Å². The van der Waals surface area contributed by atoms with Gasteiger partial charge in [-0.05, 0) is 45.7 Å². The first-order chi connectivity index (χ1) is 9.57. The van der Waals surface area contributed by atoms with Gasteiger partial charge in [-0.1, -0.05) is 0 Å². The standard InChI is InChI=1S/C13H22N4O2S/c1-11-14-10-13(15-11)20(18,19)17-8-4-12(5-9-17)16-6-2-3-7-16/h10,12H,2-9H2,1H3,(H,14,15). The number of hydrogen-bond acceptors (Lipinski definition) is 4. The Bertz CT molecular complexity index is 555. The summed E-state index contributed by atoms with van der Waals surface area (Å²) in [6.07, 6.45) is 5.85. The zero-order chi connectivity index (χ0) is 14.2. The fourth-order valence-electron chi connectivity index (χ4n) is 3.22. The SMILES string of the molecule is Cc1ncc(S(=O)(=O)N2CCC(N3CCCC3)CC2)[nH]1. The van der Waals surface area contributed by atoms with Crippen molar-refractivity contribution < 1.29 is 8.42 Å². The maximum absolute atomic E-state index is 12.5. The fourth-order valence-corrected chi connectivity index (χ4v) is 4.66. The van der Waals surface area contributed by atoms with E-state index in [2.05, 4.69) is 14.9 Å². The molecule has 0 aliphatic carbocycles. The van der Waals surface area contributed by atoms with Gasteiger partial charge in [-0.3, -0.25) is 0 Å². The molecule has 20 heavy (non-hydrogen) atoms. The lowest BCUT2D eigenvalue weighted by Crippen LogP contribution is -2.45. The van der Waals surface area contributed by atoms with Crippen LogP contribution in [0.2, 0.25) is 0 Å². The van der Waals surface area contributed by atoms with Crippen LogP contribution in [0.4, 0.5) is 0 Å². The minimum absolute atomic E-state index is 0.217. The Morgan fingerprint density at radius 3 is 2.40 bits per heavy atom. The number of nitrogens with zero attached hydrogens (tertiary/aromatic N) is 3. The molecule has 1 N–H and O–H groups in total. The minimum Gasteiger partial charge on any atom is -0.332 e. The van der Waals surface area contributed by atoms with Crippen LogP contribution in [0.25, 0.3) is 0 Å². The van der Waals surface area contributed by atoms with E-state index < -0.39 is 10.0 Å². The van der Waals surface area contributed by atoms with Gasteiger partial charge in [0.15, 0.2) is 5.03 Å². The number of likely N-dealkylation sites (tertiary alicyclic amines) is 1. The number of rotatable bonds is 3. The summed E-state index contributed by atoms with van der Waals surface area (Å²) in [6.45, 7) is 5.34. The molecule has 2 aliphatic rings. The predicted octanol–water partition coefficient (Wildman–Crippen LogP) is 0.967. The van der Waals surface area contributed by atoms with Crippen LogP contribution in [-0.2, 0) is 10.0 Å². The van der Waals surface area contributed by atoms with Gasteiger partial charge in [0.05, 0.1) is 6.20 Å². The van der Waals surface area contributed by atoms with Gasteiger partial charge in [0.25, 0.3) is 10.0 Å². The van der Waals surface area contributed by atoms with Crippen molar-refractivity contribution >= 4 is 10.0 Å². The number of aromatic amines is 1. The largest absolute Gasteiger partial charge is 0.332 e. The van der Waals surface area contributed by atoms with Gasteiger partial charge in [-0.25, -0.2) is 13.4 Å². The van der Waals surface area contributed by atoms with Crippen molar-refractivity contribution in [1.82, 2.24) is 19.2 Å². The van der Waals surface area contributed by atoms with Crippen LogP contribution < -0.4 is 0 Å². The van der Waals surface area contributed by atoms with Crippen molar-refractivity contribution in [2.75, 3.05) is 26.2 Å². The lowest BCUT2D eigenvalue weighted by atomic mass is 10.1. The third-order valence-electron chi connectivity index (χ3n) is 4.38. The highest BCUT2D eigenvalue weighted by molar-refractivity contribution is 7.89. The molecule has 1 aromatic rings. The van der Waals surface area contributed by atoms with Crippen molar-refractivity contribution in [2.45, 2.75) is 43.7 Å². The zero-order valence-corrected chi connectivity index (χ0v) is 12.7. The average Bonchev–Trinajstić information content (AvgIpc) is 3.10. The first kappa shape index (κ1) is 14.0. The Labute approximate surface area is 120 Å². The third kappa shape index (κ3) is 2.62. The summed E-state index contributed by atoms with van der Waals surface area (Å²) in [5.41, 5.74) is 0.